The van der Waals surface area contributed by atoms with Crippen LogP contribution in [0.15, 0.2) is 0 Å². The van der Waals surface area contributed by atoms with E-state index in [1.165, 1.54) is 38.5 Å². The first-order valence-electron chi connectivity index (χ1n) is 8.00. The minimum Gasteiger partial charge on any atom is -0.198 e. The second-order valence-electron chi connectivity index (χ2n) is 7.80. The molecule has 0 spiro atoms. The molecule has 0 aromatic carbocycles. The highest BCUT2D eigenvalue weighted by Gasteiger charge is 2.49. The van der Waals surface area contributed by atoms with E-state index in [1.807, 2.05) is 0 Å². The quantitative estimate of drug-likeness (QED) is 0.699. The van der Waals surface area contributed by atoms with Crippen LogP contribution >= 0.6 is 0 Å². The molecule has 18 heavy (non-hydrogen) atoms. The molecule has 100 valence electrons. The Morgan fingerprint density at radius 2 is 1.61 bits per heavy atom. The van der Waals surface area contributed by atoms with E-state index in [-0.39, 0.29) is 5.41 Å². The molecule has 4 bridgehead atoms. The molecular weight excluding hydrogens is 218 g/mol. The van der Waals surface area contributed by atoms with Crippen LogP contribution in [0.2, 0.25) is 0 Å². The normalized spacial score (nSPS) is 44.6. The average molecular weight is 245 g/mol. The van der Waals surface area contributed by atoms with E-state index >= 15 is 0 Å². The molecule has 0 radical (unpaired) electrons. The van der Waals surface area contributed by atoms with Gasteiger partial charge in [-0.2, -0.15) is 5.26 Å². The van der Waals surface area contributed by atoms with Crippen molar-refractivity contribution in [2.24, 2.45) is 35.0 Å². The monoisotopic (exact) mass is 245 g/mol. The standard InChI is InChI=1S/C17H27N/c1-3-17(2,4-5-18)11-16-14-7-12-6-13(9-14)10-15(16)8-12/h12-16H,3-4,6-11H2,1-2H3. The first-order valence-corrected chi connectivity index (χ1v) is 8.00. The molecule has 1 atom stereocenters. The van der Waals surface area contributed by atoms with E-state index in [0.717, 1.165) is 36.0 Å². The van der Waals surface area contributed by atoms with Gasteiger partial charge in [-0.25, -0.2) is 0 Å². The van der Waals surface area contributed by atoms with E-state index in [1.54, 1.807) is 6.42 Å². The van der Waals surface area contributed by atoms with E-state index in [2.05, 4.69) is 19.9 Å². The lowest BCUT2D eigenvalue weighted by atomic mass is 9.50. The third kappa shape index (κ3) is 2.09. The van der Waals surface area contributed by atoms with Gasteiger partial charge in [0.15, 0.2) is 0 Å². The van der Waals surface area contributed by atoms with E-state index in [9.17, 15) is 0 Å². The summed E-state index contributed by atoms with van der Waals surface area (Å²) in [6.07, 6.45) is 10.9. The van der Waals surface area contributed by atoms with Crippen molar-refractivity contribution >= 4 is 0 Å². The van der Waals surface area contributed by atoms with Crippen molar-refractivity contribution in [2.75, 3.05) is 0 Å². The van der Waals surface area contributed by atoms with Crippen molar-refractivity contribution in [3.05, 3.63) is 0 Å². The topological polar surface area (TPSA) is 23.8 Å². The van der Waals surface area contributed by atoms with Crippen molar-refractivity contribution in [1.29, 1.82) is 5.26 Å². The van der Waals surface area contributed by atoms with E-state index in [4.69, 9.17) is 5.26 Å². The third-order valence-corrected chi connectivity index (χ3v) is 6.51. The molecule has 0 aromatic rings. The molecule has 4 fully saturated rings. The maximum Gasteiger partial charge on any atom is 0.0627 e. The van der Waals surface area contributed by atoms with Crippen molar-refractivity contribution in [3.8, 4) is 6.07 Å². The highest BCUT2D eigenvalue weighted by molar-refractivity contribution is 5.00. The maximum absolute atomic E-state index is 9.06. The molecule has 4 rings (SSSR count). The second-order valence-corrected chi connectivity index (χ2v) is 7.80. The highest BCUT2D eigenvalue weighted by Crippen LogP contribution is 2.59. The fourth-order valence-electron chi connectivity index (χ4n) is 5.47. The van der Waals surface area contributed by atoms with Gasteiger partial charge in [0.25, 0.3) is 0 Å². The molecule has 0 heterocycles. The molecule has 0 amide bonds. The van der Waals surface area contributed by atoms with Gasteiger partial charge in [-0.15, -0.1) is 0 Å². The molecule has 0 aliphatic heterocycles. The lowest BCUT2D eigenvalue weighted by molar-refractivity contribution is -0.0544. The Labute approximate surface area is 112 Å². The number of hydrogen-bond acceptors (Lipinski definition) is 1. The molecule has 4 aliphatic carbocycles. The summed E-state index contributed by atoms with van der Waals surface area (Å²) in [5, 5.41) is 9.06. The number of rotatable bonds is 4. The molecule has 0 aromatic heterocycles. The number of nitriles is 1. The SMILES string of the molecule is CCC(C)(CC#N)CC1C2CC3CC(C2)CC1C3. The molecule has 4 saturated carbocycles. The fraction of sp³-hybridized carbons (Fsp3) is 0.941. The van der Waals surface area contributed by atoms with Crippen LogP contribution in [0.3, 0.4) is 0 Å². The smallest absolute Gasteiger partial charge is 0.0627 e. The van der Waals surface area contributed by atoms with Gasteiger partial charge in [0, 0.05) is 6.42 Å². The first-order chi connectivity index (χ1) is 8.63. The molecule has 0 saturated heterocycles. The Hall–Kier alpha value is -0.510. The summed E-state index contributed by atoms with van der Waals surface area (Å²) in [4.78, 5) is 0. The second kappa shape index (κ2) is 4.55. The van der Waals surface area contributed by atoms with Gasteiger partial charge in [0.1, 0.15) is 0 Å². The zero-order valence-corrected chi connectivity index (χ0v) is 12.0. The minimum absolute atomic E-state index is 0.286. The largest absolute Gasteiger partial charge is 0.198 e. The van der Waals surface area contributed by atoms with E-state index in [0.29, 0.717) is 0 Å². The highest BCUT2D eigenvalue weighted by atomic mass is 14.5. The zero-order valence-electron chi connectivity index (χ0n) is 12.0. The lowest BCUT2D eigenvalue weighted by Gasteiger charge is -2.56. The number of hydrogen-bond donors (Lipinski definition) is 0. The third-order valence-electron chi connectivity index (χ3n) is 6.51. The van der Waals surface area contributed by atoms with Gasteiger partial charge >= 0.3 is 0 Å². The molecule has 1 nitrogen and oxygen atoms in total. The van der Waals surface area contributed by atoms with Crippen molar-refractivity contribution in [1.82, 2.24) is 0 Å². The average Bonchev–Trinajstić information content (AvgIpc) is 2.33. The Bertz CT molecular complexity index is 325. The summed E-state index contributed by atoms with van der Waals surface area (Å²) in [6, 6.07) is 2.43. The molecule has 1 heteroatoms. The maximum atomic E-state index is 9.06. The zero-order chi connectivity index (χ0) is 12.8. The van der Waals surface area contributed by atoms with Crippen LogP contribution in [0.4, 0.5) is 0 Å². The van der Waals surface area contributed by atoms with Crippen LogP contribution in [-0.2, 0) is 0 Å². The Kier molecular flexibility index (Phi) is 3.16. The summed E-state index contributed by atoms with van der Waals surface area (Å²) >= 11 is 0. The van der Waals surface area contributed by atoms with Crippen LogP contribution in [0, 0.1) is 46.3 Å². The first kappa shape index (κ1) is 12.5. The van der Waals surface area contributed by atoms with Crippen molar-refractivity contribution in [3.63, 3.8) is 0 Å². The van der Waals surface area contributed by atoms with Gasteiger partial charge < -0.3 is 0 Å². The van der Waals surface area contributed by atoms with Gasteiger partial charge in [-0.05, 0) is 80.0 Å². The summed E-state index contributed by atoms with van der Waals surface area (Å²) in [6.45, 7) is 4.62. The van der Waals surface area contributed by atoms with E-state index < -0.39 is 0 Å². The van der Waals surface area contributed by atoms with Crippen LogP contribution in [-0.4, -0.2) is 0 Å². The Morgan fingerprint density at radius 1 is 1.06 bits per heavy atom. The summed E-state index contributed by atoms with van der Waals surface area (Å²) in [7, 11) is 0. The van der Waals surface area contributed by atoms with Crippen LogP contribution in [0.25, 0.3) is 0 Å². The number of nitrogens with zero attached hydrogens (tertiary/aromatic N) is 1. The Balaban J connectivity index is 1.71. The Morgan fingerprint density at radius 3 is 2.06 bits per heavy atom. The predicted molar refractivity (Wildman–Crippen MR) is 73.8 cm³/mol. The van der Waals surface area contributed by atoms with Gasteiger partial charge in [-0.3, -0.25) is 0 Å². The van der Waals surface area contributed by atoms with Crippen LogP contribution in [0.1, 0.15) is 65.2 Å². The van der Waals surface area contributed by atoms with Gasteiger partial charge in [-0.1, -0.05) is 13.8 Å². The fourth-order valence-corrected chi connectivity index (χ4v) is 5.47. The summed E-state index contributed by atoms with van der Waals surface area (Å²) in [5.74, 6) is 5.15. The van der Waals surface area contributed by atoms with Crippen LogP contribution in [0.5, 0.6) is 0 Å². The van der Waals surface area contributed by atoms with Crippen molar-refractivity contribution in [2.45, 2.75) is 65.2 Å². The van der Waals surface area contributed by atoms with Gasteiger partial charge in [0.05, 0.1) is 6.07 Å². The molecular formula is C17H27N. The predicted octanol–water partition coefficient (Wildman–Crippen LogP) is 4.78. The van der Waals surface area contributed by atoms with Crippen molar-refractivity contribution < 1.29 is 0 Å². The lowest BCUT2D eigenvalue weighted by Crippen LogP contribution is -2.46. The minimum atomic E-state index is 0.286. The molecule has 0 N–H and O–H groups in total. The summed E-state index contributed by atoms with van der Waals surface area (Å²) in [5.41, 5.74) is 0.286. The van der Waals surface area contributed by atoms with Gasteiger partial charge in [0.2, 0.25) is 0 Å². The molecule has 4 aliphatic rings. The van der Waals surface area contributed by atoms with Crippen LogP contribution < -0.4 is 0 Å². The summed E-state index contributed by atoms with van der Waals surface area (Å²) < 4.78 is 0. The molecule has 1 unspecified atom stereocenters.